The van der Waals surface area contributed by atoms with E-state index in [-0.39, 0.29) is 18.8 Å². The summed E-state index contributed by atoms with van der Waals surface area (Å²) in [5, 5.41) is 2.23. The molecule has 11 heteroatoms. The standard InChI is InChI=1S/C26H27ClN6O4/c1-26(2)36-21-18(12-34-17-8-7-15-6-5-10-28-20(15)19(17)27)35-25(22(21)37-26)33-11-9-16-23(31-14-32(3)4)29-13-30-24(16)33/h5-11,13-14,18,21-22,25H,12H2,1-4H3/b31-14+/t18-,21-,22-,25-/m1/s1. The van der Waals surface area contributed by atoms with Gasteiger partial charge >= 0.3 is 0 Å². The minimum Gasteiger partial charge on any atom is -0.489 e. The molecule has 2 aliphatic rings. The van der Waals surface area contributed by atoms with Gasteiger partial charge in [0.15, 0.2) is 17.8 Å². The topological polar surface area (TPSA) is 96.1 Å². The second-order valence-corrected chi connectivity index (χ2v) is 10.1. The quantitative estimate of drug-likeness (QED) is 0.272. The lowest BCUT2D eigenvalue weighted by Crippen LogP contribution is -2.34. The Balaban J connectivity index is 1.29. The van der Waals surface area contributed by atoms with Gasteiger partial charge < -0.3 is 28.4 Å². The fourth-order valence-corrected chi connectivity index (χ4v) is 5.10. The van der Waals surface area contributed by atoms with Gasteiger partial charge in [0.2, 0.25) is 0 Å². The van der Waals surface area contributed by atoms with Gasteiger partial charge in [-0.1, -0.05) is 17.7 Å². The van der Waals surface area contributed by atoms with E-state index >= 15 is 0 Å². The predicted molar refractivity (Wildman–Crippen MR) is 139 cm³/mol. The molecule has 0 unspecified atom stereocenters. The monoisotopic (exact) mass is 522 g/mol. The molecule has 3 aromatic heterocycles. The molecule has 192 valence electrons. The van der Waals surface area contributed by atoms with Crippen molar-refractivity contribution < 1.29 is 18.9 Å². The number of fused-ring (bicyclic) bond motifs is 3. The van der Waals surface area contributed by atoms with E-state index in [2.05, 4.69) is 19.9 Å². The number of hydrogen-bond donors (Lipinski definition) is 0. The first kappa shape index (κ1) is 24.1. The van der Waals surface area contributed by atoms with Crippen LogP contribution in [-0.2, 0) is 14.2 Å². The molecule has 2 aliphatic heterocycles. The van der Waals surface area contributed by atoms with Crippen molar-refractivity contribution >= 4 is 45.7 Å². The Labute approximate surface area is 218 Å². The molecule has 0 radical (unpaired) electrons. The molecule has 10 nitrogen and oxygen atoms in total. The molecule has 2 fully saturated rings. The van der Waals surface area contributed by atoms with Crippen molar-refractivity contribution in [2.45, 2.75) is 44.2 Å². The molecule has 0 bridgehead atoms. The van der Waals surface area contributed by atoms with Crippen molar-refractivity contribution in [3.05, 3.63) is 54.1 Å². The van der Waals surface area contributed by atoms with E-state index in [0.717, 1.165) is 10.8 Å². The van der Waals surface area contributed by atoms with Crippen LogP contribution in [-0.4, -0.2) is 75.6 Å². The summed E-state index contributed by atoms with van der Waals surface area (Å²) in [5.74, 6) is 0.353. The maximum atomic E-state index is 6.60. The summed E-state index contributed by atoms with van der Waals surface area (Å²) in [5.41, 5.74) is 1.39. The number of rotatable bonds is 6. The summed E-state index contributed by atoms with van der Waals surface area (Å²) in [6.07, 6.45) is 5.24. The van der Waals surface area contributed by atoms with E-state index in [1.807, 2.05) is 73.9 Å². The molecular weight excluding hydrogens is 496 g/mol. The van der Waals surface area contributed by atoms with Crippen LogP contribution in [0.15, 0.2) is 54.0 Å². The van der Waals surface area contributed by atoms with Gasteiger partial charge in [0.05, 0.1) is 17.2 Å². The lowest BCUT2D eigenvalue weighted by atomic mass is 10.1. The first-order valence-electron chi connectivity index (χ1n) is 12.0. The maximum absolute atomic E-state index is 6.60. The second kappa shape index (κ2) is 9.21. The average Bonchev–Trinajstić information content (AvgIpc) is 3.53. The molecule has 2 saturated heterocycles. The number of pyridine rings is 1. The molecular formula is C26H27ClN6O4. The summed E-state index contributed by atoms with van der Waals surface area (Å²) in [6.45, 7) is 4.02. The summed E-state index contributed by atoms with van der Waals surface area (Å²) in [4.78, 5) is 19.6. The van der Waals surface area contributed by atoms with Crippen molar-refractivity contribution in [1.29, 1.82) is 0 Å². The number of hydrogen-bond acceptors (Lipinski definition) is 8. The number of aliphatic imine (C=N–C) groups is 1. The van der Waals surface area contributed by atoms with E-state index in [4.69, 9.17) is 30.5 Å². The van der Waals surface area contributed by atoms with Crippen molar-refractivity contribution in [3.63, 3.8) is 0 Å². The molecule has 1 aromatic carbocycles. The van der Waals surface area contributed by atoms with Crippen LogP contribution in [0.25, 0.3) is 21.9 Å². The zero-order chi connectivity index (χ0) is 25.7. The highest BCUT2D eigenvalue weighted by Crippen LogP contribution is 2.44. The van der Waals surface area contributed by atoms with Gasteiger partial charge in [-0.3, -0.25) is 4.98 Å². The van der Waals surface area contributed by atoms with Crippen LogP contribution >= 0.6 is 11.6 Å². The summed E-state index contributed by atoms with van der Waals surface area (Å²) < 4.78 is 27.1. The number of halogens is 1. The fourth-order valence-electron chi connectivity index (χ4n) is 4.83. The predicted octanol–water partition coefficient (Wildman–Crippen LogP) is 4.35. The first-order chi connectivity index (χ1) is 17.8. The Morgan fingerprint density at radius 3 is 2.81 bits per heavy atom. The third-order valence-corrected chi connectivity index (χ3v) is 6.74. The van der Waals surface area contributed by atoms with E-state index in [1.165, 1.54) is 6.33 Å². The van der Waals surface area contributed by atoms with Crippen LogP contribution in [0.4, 0.5) is 5.82 Å². The summed E-state index contributed by atoms with van der Waals surface area (Å²) in [7, 11) is 3.81. The minimum absolute atomic E-state index is 0.224. The molecule has 0 N–H and O–H groups in total. The fraction of sp³-hybridized carbons (Fsp3) is 0.385. The number of ether oxygens (including phenoxy) is 4. The number of nitrogens with zero attached hydrogens (tertiary/aromatic N) is 6. The summed E-state index contributed by atoms with van der Waals surface area (Å²) in [6, 6.07) is 9.55. The Bertz CT molecular complexity index is 1490. The Kier molecular flexibility index (Phi) is 5.99. The van der Waals surface area contributed by atoms with Crippen LogP contribution in [0.3, 0.4) is 0 Å². The van der Waals surface area contributed by atoms with Crippen molar-refractivity contribution in [2.24, 2.45) is 4.99 Å². The van der Waals surface area contributed by atoms with Gasteiger partial charge in [0, 0.05) is 31.9 Å². The van der Waals surface area contributed by atoms with Gasteiger partial charge in [-0.25, -0.2) is 15.0 Å². The first-order valence-corrected chi connectivity index (χ1v) is 12.4. The molecule has 5 heterocycles. The lowest BCUT2D eigenvalue weighted by Gasteiger charge is -2.25. The molecule has 4 atom stereocenters. The highest BCUT2D eigenvalue weighted by atomic mass is 35.5. The van der Waals surface area contributed by atoms with Crippen molar-refractivity contribution in [2.75, 3.05) is 20.7 Å². The van der Waals surface area contributed by atoms with Gasteiger partial charge in [0.1, 0.15) is 47.7 Å². The van der Waals surface area contributed by atoms with Crippen LogP contribution in [0.1, 0.15) is 20.1 Å². The molecule has 4 aromatic rings. The van der Waals surface area contributed by atoms with Crippen LogP contribution < -0.4 is 4.74 Å². The smallest absolute Gasteiger partial charge is 0.166 e. The van der Waals surface area contributed by atoms with E-state index in [9.17, 15) is 0 Å². The van der Waals surface area contributed by atoms with Gasteiger partial charge in [-0.2, -0.15) is 0 Å². The SMILES string of the molecule is CN(C)/C=N/c1ncnc2c1ccn2[C@@H]1O[C@H](COc2ccc3cccnc3c2Cl)[C@H]2OC(C)(C)O[C@H]21. The maximum Gasteiger partial charge on any atom is 0.166 e. The minimum atomic E-state index is -0.765. The van der Waals surface area contributed by atoms with Crippen LogP contribution in [0, 0.1) is 0 Å². The van der Waals surface area contributed by atoms with Crippen molar-refractivity contribution in [3.8, 4) is 5.75 Å². The largest absolute Gasteiger partial charge is 0.489 e. The zero-order valence-corrected chi connectivity index (χ0v) is 21.7. The number of aromatic nitrogens is 4. The van der Waals surface area contributed by atoms with E-state index in [0.29, 0.717) is 27.8 Å². The third-order valence-electron chi connectivity index (χ3n) is 6.38. The molecule has 0 spiro atoms. The second-order valence-electron chi connectivity index (χ2n) is 9.76. The zero-order valence-electron chi connectivity index (χ0n) is 20.9. The average molecular weight is 523 g/mol. The lowest BCUT2D eigenvalue weighted by molar-refractivity contribution is -0.198. The molecule has 0 amide bonds. The summed E-state index contributed by atoms with van der Waals surface area (Å²) >= 11 is 6.60. The molecule has 6 rings (SSSR count). The number of benzene rings is 1. The van der Waals surface area contributed by atoms with Crippen LogP contribution in [0.5, 0.6) is 5.75 Å². The van der Waals surface area contributed by atoms with E-state index in [1.54, 1.807) is 12.5 Å². The highest BCUT2D eigenvalue weighted by molar-refractivity contribution is 6.36. The van der Waals surface area contributed by atoms with Gasteiger partial charge in [-0.15, -0.1) is 0 Å². The normalized spacial score (nSPS) is 24.8. The van der Waals surface area contributed by atoms with Crippen molar-refractivity contribution in [1.82, 2.24) is 24.4 Å². The Morgan fingerprint density at radius 1 is 1.14 bits per heavy atom. The van der Waals surface area contributed by atoms with Gasteiger partial charge in [0.25, 0.3) is 0 Å². The van der Waals surface area contributed by atoms with E-state index < -0.39 is 18.1 Å². The van der Waals surface area contributed by atoms with Gasteiger partial charge in [-0.05, 0) is 38.1 Å². The Morgan fingerprint density at radius 2 is 1.97 bits per heavy atom. The molecule has 0 aliphatic carbocycles. The molecule has 37 heavy (non-hydrogen) atoms. The highest BCUT2D eigenvalue weighted by Gasteiger charge is 2.56. The Hall–Kier alpha value is -3.31. The molecule has 0 saturated carbocycles. The third kappa shape index (κ3) is 4.40. The van der Waals surface area contributed by atoms with Crippen LogP contribution in [0.2, 0.25) is 5.02 Å².